The summed E-state index contributed by atoms with van der Waals surface area (Å²) in [7, 11) is 0. The predicted octanol–water partition coefficient (Wildman–Crippen LogP) is -1.72. The van der Waals surface area contributed by atoms with E-state index in [1.165, 1.54) is 11.8 Å². The van der Waals surface area contributed by atoms with E-state index in [2.05, 4.69) is 16.0 Å². The molecule has 0 aromatic heterocycles. The Hall–Kier alpha value is -1.85. The summed E-state index contributed by atoms with van der Waals surface area (Å²) in [5.41, 5.74) is 5.88. The minimum atomic E-state index is -1.45. The Balaban J connectivity index is 4.75. The number of nitrogens with two attached hydrogens (primary N) is 1. The van der Waals surface area contributed by atoms with E-state index in [4.69, 9.17) is 15.9 Å². The summed E-state index contributed by atoms with van der Waals surface area (Å²) in [5.74, 6) is -2.61. The van der Waals surface area contributed by atoms with Crippen molar-refractivity contribution in [3.05, 3.63) is 0 Å². The highest BCUT2D eigenvalue weighted by Crippen LogP contribution is 2.07. The van der Waals surface area contributed by atoms with Gasteiger partial charge in [0.15, 0.2) is 0 Å². The fourth-order valence-electron chi connectivity index (χ4n) is 2.01. The molecule has 4 unspecified atom stereocenters. The zero-order valence-electron chi connectivity index (χ0n) is 15.9. The molecule has 156 valence electrons. The van der Waals surface area contributed by atoms with Crippen LogP contribution in [-0.2, 0) is 19.2 Å². The highest BCUT2D eigenvalue weighted by Gasteiger charge is 2.26. The van der Waals surface area contributed by atoms with Crippen molar-refractivity contribution in [3.63, 3.8) is 0 Å². The lowest BCUT2D eigenvalue weighted by molar-refractivity contribution is -0.142. The van der Waals surface area contributed by atoms with E-state index in [0.29, 0.717) is 18.6 Å². The number of amides is 3. The van der Waals surface area contributed by atoms with Gasteiger partial charge in [0, 0.05) is 0 Å². The summed E-state index contributed by atoms with van der Waals surface area (Å²) < 4.78 is 0. The number of hydrogen-bond acceptors (Lipinski definition) is 7. The van der Waals surface area contributed by atoms with Gasteiger partial charge in [0.25, 0.3) is 0 Å². The number of aliphatic hydroxyl groups is 1. The molecular formula is C16H30N4O6S. The van der Waals surface area contributed by atoms with Gasteiger partial charge in [0.05, 0.1) is 19.2 Å². The smallest absolute Gasteiger partial charge is 0.328 e. The van der Waals surface area contributed by atoms with Crippen LogP contribution in [0.2, 0.25) is 0 Å². The molecule has 0 aromatic carbocycles. The number of carbonyl (C=O) groups excluding carboxylic acids is 3. The lowest BCUT2D eigenvalue weighted by Gasteiger charge is -2.23. The second-order valence-electron chi connectivity index (χ2n) is 6.11. The van der Waals surface area contributed by atoms with Crippen LogP contribution in [0, 0.1) is 5.92 Å². The molecule has 0 rings (SSSR count). The highest BCUT2D eigenvalue weighted by atomic mass is 32.2. The van der Waals surface area contributed by atoms with E-state index in [-0.39, 0.29) is 5.92 Å². The lowest BCUT2D eigenvalue weighted by Crippen LogP contribution is -2.54. The molecule has 10 nitrogen and oxygen atoms in total. The number of carboxylic acid groups (broad SMARTS) is 1. The van der Waals surface area contributed by atoms with Gasteiger partial charge >= 0.3 is 5.97 Å². The summed E-state index contributed by atoms with van der Waals surface area (Å²) in [4.78, 5) is 47.0. The summed E-state index contributed by atoms with van der Waals surface area (Å²) in [5, 5.41) is 24.7. The summed E-state index contributed by atoms with van der Waals surface area (Å²) >= 11 is 1.50. The average Bonchev–Trinajstić information content (AvgIpc) is 2.65. The van der Waals surface area contributed by atoms with E-state index in [9.17, 15) is 19.2 Å². The fraction of sp³-hybridized carbons (Fsp3) is 0.750. The third kappa shape index (κ3) is 9.59. The minimum Gasteiger partial charge on any atom is -0.480 e. The minimum absolute atomic E-state index is 0.0496. The van der Waals surface area contributed by atoms with Gasteiger partial charge in [-0.1, -0.05) is 20.3 Å². The first-order valence-corrected chi connectivity index (χ1v) is 10.0. The van der Waals surface area contributed by atoms with Crippen LogP contribution in [0.5, 0.6) is 0 Å². The van der Waals surface area contributed by atoms with E-state index in [0.717, 1.165) is 0 Å². The highest BCUT2D eigenvalue weighted by molar-refractivity contribution is 7.98. The normalized spacial score (nSPS) is 15.1. The van der Waals surface area contributed by atoms with E-state index in [1.807, 2.05) is 20.1 Å². The van der Waals surface area contributed by atoms with Gasteiger partial charge in [0.1, 0.15) is 12.1 Å². The molecule has 0 saturated heterocycles. The SMILES string of the molecule is CCC(C)C(N)C(=O)NC(CCSC)C(=O)NCC(=O)NC(CO)C(=O)O. The Kier molecular flexibility index (Phi) is 12.4. The first-order chi connectivity index (χ1) is 12.7. The van der Waals surface area contributed by atoms with Gasteiger partial charge < -0.3 is 31.9 Å². The molecule has 4 atom stereocenters. The largest absolute Gasteiger partial charge is 0.480 e. The number of thioether (sulfide) groups is 1. The Morgan fingerprint density at radius 3 is 2.22 bits per heavy atom. The topological polar surface area (TPSA) is 171 Å². The molecule has 0 fully saturated rings. The van der Waals surface area contributed by atoms with Crippen molar-refractivity contribution in [2.45, 2.75) is 44.8 Å². The van der Waals surface area contributed by atoms with Gasteiger partial charge in [-0.3, -0.25) is 14.4 Å². The maximum absolute atomic E-state index is 12.3. The van der Waals surface area contributed by atoms with Crippen LogP contribution < -0.4 is 21.7 Å². The van der Waals surface area contributed by atoms with E-state index < -0.39 is 55.0 Å². The molecular weight excluding hydrogens is 376 g/mol. The van der Waals surface area contributed by atoms with Crippen LogP contribution in [-0.4, -0.2) is 77.2 Å². The van der Waals surface area contributed by atoms with Gasteiger partial charge in [-0.15, -0.1) is 0 Å². The van der Waals surface area contributed by atoms with Crippen LogP contribution >= 0.6 is 11.8 Å². The third-order valence-corrected chi connectivity index (χ3v) is 4.69. The molecule has 0 saturated carbocycles. The van der Waals surface area contributed by atoms with Crippen molar-refractivity contribution in [2.24, 2.45) is 11.7 Å². The second kappa shape index (κ2) is 13.3. The number of carbonyl (C=O) groups is 4. The second-order valence-corrected chi connectivity index (χ2v) is 7.10. The van der Waals surface area contributed by atoms with Crippen molar-refractivity contribution in [3.8, 4) is 0 Å². The maximum atomic E-state index is 12.3. The Labute approximate surface area is 163 Å². The summed E-state index contributed by atoms with van der Waals surface area (Å²) in [6.45, 7) is 2.50. The summed E-state index contributed by atoms with van der Waals surface area (Å²) in [6.07, 6.45) is 2.92. The van der Waals surface area contributed by atoms with E-state index in [1.54, 1.807) is 0 Å². The zero-order chi connectivity index (χ0) is 21.0. The van der Waals surface area contributed by atoms with Crippen molar-refractivity contribution in [2.75, 3.05) is 25.2 Å². The Morgan fingerprint density at radius 1 is 1.11 bits per heavy atom. The number of nitrogens with one attached hydrogen (secondary N) is 3. The molecule has 0 aromatic rings. The van der Waals surface area contributed by atoms with Gasteiger partial charge in [-0.05, 0) is 24.3 Å². The number of aliphatic hydroxyl groups excluding tert-OH is 1. The third-order valence-electron chi connectivity index (χ3n) is 4.04. The molecule has 11 heteroatoms. The van der Waals surface area contributed by atoms with Crippen molar-refractivity contribution < 1.29 is 29.4 Å². The molecule has 0 spiro atoms. The predicted molar refractivity (Wildman–Crippen MR) is 102 cm³/mol. The first-order valence-electron chi connectivity index (χ1n) is 8.63. The zero-order valence-corrected chi connectivity index (χ0v) is 16.7. The molecule has 0 aliphatic rings. The van der Waals surface area contributed by atoms with Crippen molar-refractivity contribution in [1.82, 2.24) is 16.0 Å². The molecule has 0 aliphatic carbocycles. The van der Waals surface area contributed by atoms with Crippen LogP contribution in [0.4, 0.5) is 0 Å². The Bertz CT molecular complexity index is 519. The monoisotopic (exact) mass is 406 g/mol. The summed E-state index contributed by atoms with van der Waals surface area (Å²) in [6, 6.07) is -3.06. The van der Waals surface area contributed by atoms with Crippen LogP contribution in [0.3, 0.4) is 0 Å². The van der Waals surface area contributed by atoms with Gasteiger partial charge in [-0.2, -0.15) is 11.8 Å². The number of carboxylic acids is 1. The van der Waals surface area contributed by atoms with Gasteiger partial charge in [0.2, 0.25) is 17.7 Å². The van der Waals surface area contributed by atoms with Crippen molar-refractivity contribution >= 4 is 35.5 Å². The van der Waals surface area contributed by atoms with Crippen LogP contribution in [0.15, 0.2) is 0 Å². The maximum Gasteiger partial charge on any atom is 0.328 e. The standard InChI is InChI=1S/C16H30N4O6S/c1-4-9(2)13(17)15(24)20-10(5-6-27-3)14(23)18-7-12(22)19-11(8-21)16(25)26/h9-11,13,21H,4-8,17H2,1-3H3,(H,18,23)(H,19,22)(H,20,24)(H,25,26). The van der Waals surface area contributed by atoms with Crippen molar-refractivity contribution in [1.29, 1.82) is 0 Å². The molecule has 7 N–H and O–H groups in total. The molecule has 0 radical (unpaired) electrons. The van der Waals surface area contributed by atoms with Gasteiger partial charge in [-0.25, -0.2) is 4.79 Å². The average molecular weight is 407 g/mol. The number of aliphatic carboxylic acids is 1. The number of rotatable bonds is 13. The van der Waals surface area contributed by atoms with Crippen LogP contribution in [0.25, 0.3) is 0 Å². The molecule has 3 amide bonds. The molecule has 0 aliphatic heterocycles. The molecule has 0 heterocycles. The van der Waals surface area contributed by atoms with Crippen LogP contribution in [0.1, 0.15) is 26.7 Å². The van der Waals surface area contributed by atoms with E-state index >= 15 is 0 Å². The quantitative estimate of drug-likeness (QED) is 0.210. The Morgan fingerprint density at radius 2 is 1.74 bits per heavy atom. The number of hydrogen-bond donors (Lipinski definition) is 6. The molecule has 27 heavy (non-hydrogen) atoms. The first kappa shape index (κ1) is 25.1. The lowest BCUT2D eigenvalue weighted by atomic mass is 9.99. The molecule has 0 bridgehead atoms. The fourth-order valence-corrected chi connectivity index (χ4v) is 2.48.